The molecule has 0 saturated carbocycles. The van der Waals surface area contributed by atoms with E-state index in [0.29, 0.717) is 5.56 Å². The van der Waals surface area contributed by atoms with E-state index in [9.17, 15) is 9.90 Å². The lowest BCUT2D eigenvalue weighted by atomic mass is 9.91. The second-order valence-electron chi connectivity index (χ2n) is 3.99. The Hall–Kier alpha value is -1.20. The monoisotopic (exact) mass is 352 g/mol. The summed E-state index contributed by atoms with van der Waals surface area (Å²) in [6, 6.07) is 18.5. The van der Waals surface area contributed by atoms with Crippen LogP contribution in [0, 0.1) is 0 Å². The fraction of sp³-hybridized carbons (Fsp3) is 0.133. The average Bonchev–Trinajstić information content (AvgIpc) is 2.40. The minimum atomic E-state index is -0.738. The molecule has 92 valence electrons. The fourth-order valence-electron chi connectivity index (χ4n) is 1.88. The number of halogens is 1. The van der Waals surface area contributed by atoms with E-state index in [1.54, 1.807) is 12.1 Å². The van der Waals surface area contributed by atoms with Gasteiger partial charge in [0.1, 0.15) is 4.11 Å². The molecule has 0 aliphatic rings. The number of hydrogen-bond donors (Lipinski definition) is 1. The van der Waals surface area contributed by atoms with E-state index in [1.165, 1.54) is 0 Å². The maximum Gasteiger partial charge on any atom is 0.173 e. The summed E-state index contributed by atoms with van der Waals surface area (Å²) in [4.78, 5) is 12.4. The quantitative estimate of drug-likeness (QED) is 0.520. The number of aliphatic hydroxyl groups excluding tert-OH is 1. The van der Waals surface area contributed by atoms with Crippen LogP contribution in [0.15, 0.2) is 60.7 Å². The van der Waals surface area contributed by atoms with Crippen LogP contribution in [0.1, 0.15) is 21.8 Å². The van der Waals surface area contributed by atoms with Crippen LogP contribution in [0.5, 0.6) is 0 Å². The number of rotatable bonds is 4. The second-order valence-corrected chi connectivity index (χ2v) is 5.27. The number of hydrogen-bond acceptors (Lipinski definition) is 2. The van der Waals surface area contributed by atoms with E-state index in [2.05, 4.69) is 0 Å². The highest BCUT2D eigenvalue weighted by Crippen LogP contribution is 2.27. The molecule has 0 amide bonds. The molecule has 2 aromatic rings. The topological polar surface area (TPSA) is 37.3 Å². The van der Waals surface area contributed by atoms with Gasteiger partial charge in [0.05, 0.1) is 5.92 Å². The maximum absolute atomic E-state index is 12.4. The zero-order valence-corrected chi connectivity index (χ0v) is 11.8. The summed E-state index contributed by atoms with van der Waals surface area (Å²) in [5.41, 5.74) is 1.47. The molecule has 0 bridgehead atoms. The van der Waals surface area contributed by atoms with Crippen molar-refractivity contribution in [3.63, 3.8) is 0 Å². The summed E-state index contributed by atoms with van der Waals surface area (Å²) in [5.74, 6) is -0.571. The second kappa shape index (κ2) is 6.11. The van der Waals surface area contributed by atoms with Crippen LogP contribution in [-0.2, 0) is 0 Å². The fourth-order valence-corrected chi connectivity index (χ4v) is 2.62. The molecular formula is C15H13IO2. The van der Waals surface area contributed by atoms with Crippen molar-refractivity contribution < 1.29 is 9.90 Å². The molecule has 2 rings (SSSR count). The SMILES string of the molecule is O=C(c1ccccc1)C(c1ccccc1)C(O)I. The molecule has 3 heteroatoms. The summed E-state index contributed by atoms with van der Waals surface area (Å²) in [6.07, 6.45) is 0. The average molecular weight is 352 g/mol. The van der Waals surface area contributed by atoms with Crippen LogP contribution in [0.25, 0.3) is 0 Å². The lowest BCUT2D eigenvalue weighted by molar-refractivity contribution is 0.0912. The van der Waals surface area contributed by atoms with Crippen LogP contribution in [0.2, 0.25) is 0 Å². The molecule has 0 radical (unpaired) electrons. The van der Waals surface area contributed by atoms with E-state index >= 15 is 0 Å². The van der Waals surface area contributed by atoms with Gasteiger partial charge in [-0.3, -0.25) is 4.79 Å². The van der Waals surface area contributed by atoms with Gasteiger partial charge in [0.2, 0.25) is 0 Å². The van der Waals surface area contributed by atoms with Crippen LogP contribution in [0.4, 0.5) is 0 Å². The first-order chi connectivity index (χ1) is 8.70. The Labute approximate surface area is 120 Å². The van der Waals surface area contributed by atoms with Crippen LogP contribution in [-0.4, -0.2) is 15.0 Å². The van der Waals surface area contributed by atoms with Crippen molar-refractivity contribution >= 4 is 28.4 Å². The molecule has 2 aromatic carbocycles. The first-order valence-corrected chi connectivity index (χ1v) is 6.91. The van der Waals surface area contributed by atoms with Crippen molar-refractivity contribution in [2.75, 3.05) is 0 Å². The zero-order valence-electron chi connectivity index (χ0n) is 9.66. The minimum absolute atomic E-state index is 0.0521. The van der Waals surface area contributed by atoms with E-state index in [4.69, 9.17) is 0 Å². The Morgan fingerprint density at radius 2 is 1.44 bits per heavy atom. The molecule has 0 aromatic heterocycles. The number of carbonyl (C=O) groups is 1. The van der Waals surface area contributed by atoms with Crippen molar-refractivity contribution in [2.45, 2.75) is 10.0 Å². The van der Waals surface area contributed by atoms with Crippen molar-refractivity contribution in [2.24, 2.45) is 0 Å². The lowest BCUT2D eigenvalue weighted by Crippen LogP contribution is -2.21. The standard InChI is InChI=1S/C15H13IO2/c16-15(18)13(11-7-3-1-4-8-11)14(17)12-9-5-2-6-10-12/h1-10,13,15,18H. The van der Waals surface area contributed by atoms with Crippen LogP contribution >= 0.6 is 22.6 Å². The summed E-state index contributed by atoms with van der Waals surface area (Å²) in [7, 11) is 0. The normalized spacial score (nSPS) is 13.9. The molecule has 2 nitrogen and oxygen atoms in total. The Bertz CT molecular complexity index is 509. The summed E-state index contributed by atoms with van der Waals surface area (Å²) < 4.78 is -0.738. The van der Waals surface area contributed by atoms with Gasteiger partial charge in [-0.15, -0.1) is 0 Å². The van der Waals surface area contributed by atoms with Crippen LogP contribution in [0.3, 0.4) is 0 Å². The number of benzene rings is 2. The predicted octanol–water partition coefficient (Wildman–Crippen LogP) is 3.41. The van der Waals surface area contributed by atoms with Crippen LogP contribution < -0.4 is 0 Å². The third kappa shape index (κ3) is 2.97. The highest BCUT2D eigenvalue weighted by atomic mass is 127. The van der Waals surface area contributed by atoms with Gasteiger partial charge in [0.25, 0.3) is 0 Å². The number of carbonyl (C=O) groups excluding carboxylic acids is 1. The van der Waals surface area contributed by atoms with Gasteiger partial charge in [-0.2, -0.15) is 0 Å². The molecule has 2 unspecified atom stereocenters. The van der Waals surface area contributed by atoms with E-state index in [-0.39, 0.29) is 5.78 Å². The van der Waals surface area contributed by atoms with Crippen molar-refractivity contribution in [3.05, 3.63) is 71.8 Å². The van der Waals surface area contributed by atoms with Crippen molar-refractivity contribution in [1.29, 1.82) is 0 Å². The minimum Gasteiger partial charge on any atom is -0.382 e. The molecule has 0 saturated heterocycles. The largest absolute Gasteiger partial charge is 0.382 e. The number of alkyl halides is 1. The molecule has 18 heavy (non-hydrogen) atoms. The molecule has 0 aliphatic heterocycles. The van der Waals surface area contributed by atoms with E-state index in [0.717, 1.165) is 5.56 Å². The third-order valence-corrected chi connectivity index (χ3v) is 3.49. The van der Waals surface area contributed by atoms with Crippen molar-refractivity contribution in [3.8, 4) is 0 Å². The van der Waals surface area contributed by atoms with E-state index < -0.39 is 10.0 Å². The Morgan fingerprint density at radius 3 is 1.94 bits per heavy atom. The lowest BCUT2D eigenvalue weighted by Gasteiger charge is -2.18. The molecular weight excluding hydrogens is 339 g/mol. The summed E-state index contributed by atoms with van der Waals surface area (Å²) in [5, 5.41) is 9.86. The summed E-state index contributed by atoms with van der Waals surface area (Å²) in [6.45, 7) is 0. The maximum atomic E-state index is 12.4. The molecule has 0 heterocycles. The predicted molar refractivity (Wildman–Crippen MR) is 80.0 cm³/mol. The summed E-state index contributed by atoms with van der Waals surface area (Å²) >= 11 is 1.88. The van der Waals surface area contributed by atoms with Crippen molar-refractivity contribution in [1.82, 2.24) is 0 Å². The number of ketones is 1. The third-order valence-electron chi connectivity index (χ3n) is 2.77. The molecule has 0 spiro atoms. The van der Waals surface area contributed by atoms with Gasteiger partial charge >= 0.3 is 0 Å². The molecule has 2 atom stereocenters. The van der Waals surface area contributed by atoms with E-state index in [1.807, 2.05) is 71.1 Å². The Balaban J connectivity index is 2.35. The van der Waals surface area contributed by atoms with Gasteiger partial charge in [0, 0.05) is 5.56 Å². The van der Waals surface area contributed by atoms with Gasteiger partial charge in [0.15, 0.2) is 5.78 Å². The first kappa shape index (κ1) is 13.2. The van der Waals surface area contributed by atoms with Gasteiger partial charge < -0.3 is 5.11 Å². The molecule has 0 fully saturated rings. The van der Waals surface area contributed by atoms with Gasteiger partial charge in [-0.05, 0) is 5.56 Å². The molecule has 1 N–H and O–H groups in total. The smallest absolute Gasteiger partial charge is 0.173 e. The highest BCUT2D eigenvalue weighted by Gasteiger charge is 2.27. The van der Waals surface area contributed by atoms with Gasteiger partial charge in [-0.1, -0.05) is 83.3 Å². The Morgan fingerprint density at radius 1 is 0.944 bits per heavy atom. The zero-order chi connectivity index (χ0) is 13.0. The highest BCUT2D eigenvalue weighted by molar-refractivity contribution is 14.1. The number of Topliss-reactive ketones (excluding diaryl/α,β-unsaturated/α-hetero) is 1. The van der Waals surface area contributed by atoms with Gasteiger partial charge in [-0.25, -0.2) is 0 Å². The Kier molecular flexibility index (Phi) is 4.49. The molecule has 0 aliphatic carbocycles. The first-order valence-electron chi connectivity index (χ1n) is 5.66. The number of aliphatic hydroxyl groups is 1.